The lowest BCUT2D eigenvalue weighted by Crippen LogP contribution is -2.31. The molecule has 1 fully saturated rings. The molecule has 0 amide bonds. The third-order valence-electron chi connectivity index (χ3n) is 3.72. The fourth-order valence-corrected chi connectivity index (χ4v) is 2.46. The molecule has 2 unspecified atom stereocenters. The van der Waals surface area contributed by atoms with Gasteiger partial charge < -0.3 is 14.6 Å². The smallest absolute Gasteiger partial charge is 0.108 e. The van der Waals surface area contributed by atoms with E-state index in [1.165, 1.54) is 5.56 Å². The Bertz CT molecular complexity index is 366. The molecular weight excluding hydrogens is 228 g/mol. The molecule has 3 nitrogen and oxygen atoms in total. The molecule has 1 aliphatic rings. The maximum Gasteiger partial charge on any atom is 0.108 e. The minimum atomic E-state index is -0.545. The van der Waals surface area contributed by atoms with Gasteiger partial charge in [0, 0.05) is 13.7 Å². The van der Waals surface area contributed by atoms with Gasteiger partial charge in [-0.2, -0.15) is 0 Å². The van der Waals surface area contributed by atoms with Crippen LogP contribution < -0.4 is 0 Å². The Balaban J connectivity index is 2.04. The summed E-state index contributed by atoms with van der Waals surface area (Å²) in [5.74, 6) is 0. The van der Waals surface area contributed by atoms with Crippen molar-refractivity contribution < 1.29 is 14.6 Å². The normalized spacial score (nSPS) is 25.3. The molecule has 2 rings (SSSR count). The van der Waals surface area contributed by atoms with Crippen LogP contribution in [0.3, 0.4) is 0 Å². The molecule has 1 heterocycles. The van der Waals surface area contributed by atoms with Gasteiger partial charge >= 0.3 is 0 Å². The fourth-order valence-electron chi connectivity index (χ4n) is 2.46. The summed E-state index contributed by atoms with van der Waals surface area (Å²) in [5.41, 5.74) is 1.74. The third kappa shape index (κ3) is 2.91. The van der Waals surface area contributed by atoms with E-state index in [1.54, 1.807) is 7.11 Å². The van der Waals surface area contributed by atoms with Crippen molar-refractivity contribution in [3.63, 3.8) is 0 Å². The first kappa shape index (κ1) is 13.5. The molecule has 3 heteroatoms. The van der Waals surface area contributed by atoms with Crippen molar-refractivity contribution in [2.24, 2.45) is 0 Å². The van der Waals surface area contributed by atoms with Crippen molar-refractivity contribution in [2.45, 2.75) is 37.9 Å². The van der Waals surface area contributed by atoms with Crippen molar-refractivity contribution >= 4 is 0 Å². The molecular formula is C15H22O3. The SMILES string of the molecule is COCCc1ccc(C(O)C2(C)CCCO2)cc1. The van der Waals surface area contributed by atoms with Gasteiger partial charge in [0.05, 0.1) is 12.2 Å². The molecule has 0 radical (unpaired) electrons. The first-order chi connectivity index (χ1) is 8.65. The van der Waals surface area contributed by atoms with Crippen molar-refractivity contribution in [2.75, 3.05) is 20.3 Å². The third-order valence-corrected chi connectivity index (χ3v) is 3.72. The van der Waals surface area contributed by atoms with E-state index < -0.39 is 11.7 Å². The van der Waals surface area contributed by atoms with Crippen molar-refractivity contribution in [3.8, 4) is 0 Å². The Hall–Kier alpha value is -0.900. The Morgan fingerprint density at radius 3 is 2.67 bits per heavy atom. The highest BCUT2D eigenvalue weighted by molar-refractivity contribution is 5.26. The van der Waals surface area contributed by atoms with Crippen molar-refractivity contribution in [1.82, 2.24) is 0 Å². The Morgan fingerprint density at radius 2 is 2.11 bits per heavy atom. The van der Waals surface area contributed by atoms with Gasteiger partial charge in [0.15, 0.2) is 0 Å². The summed E-state index contributed by atoms with van der Waals surface area (Å²) in [6, 6.07) is 8.08. The zero-order chi connectivity index (χ0) is 13.0. The van der Waals surface area contributed by atoms with Crippen LogP contribution in [0.5, 0.6) is 0 Å². The van der Waals surface area contributed by atoms with Gasteiger partial charge in [0.2, 0.25) is 0 Å². The van der Waals surface area contributed by atoms with E-state index in [2.05, 4.69) is 12.1 Å². The highest BCUT2D eigenvalue weighted by Crippen LogP contribution is 2.37. The van der Waals surface area contributed by atoms with Crippen molar-refractivity contribution in [3.05, 3.63) is 35.4 Å². The molecule has 0 aromatic heterocycles. The lowest BCUT2D eigenvalue weighted by molar-refractivity contribution is -0.0796. The molecule has 0 saturated carbocycles. The van der Waals surface area contributed by atoms with E-state index in [9.17, 15) is 5.11 Å². The first-order valence-electron chi connectivity index (χ1n) is 6.55. The average Bonchev–Trinajstić information content (AvgIpc) is 2.84. The second-order valence-corrected chi connectivity index (χ2v) is 5.15. The highest BCUT2D eigenvalue weighted by Gasteiger charge is 2.38. The molecule has 0 aliphatic carbocycles. The average molecular weight is 250 g/mol. The lowest BCUT2D eigenvalue weighted by atomic mass is 9.90. The number of aliphatic hydroxyl groups excluding tert-OH is 1. The number of ether oxygens (including phenoxy) is 2. The number of hydrogen-bond donors (Lipinski definition) is 1. The molecule has 1 aliphatic heterocycles. The van der Waals surface area contributed by atoms with E-state index in [0.717, 1.165) is 38.0 Å². The molecule has 1 aromatic carbocycles. The van der Waals surface area contributed by atoms with E-state index in [1.807, 2.05) is 19.1 Å². The van der Waals surface area contributed by atoms with Gasteiger partial charge in [-0.3, -0.25) is 0 Å². The molecule has 1 aromatic rings. The molecule has 1 saturated heterocycles. The van der Waals surface area contributed by atoms with E-state index >= 15 is 0 Å². The maximum absolute atomic E-state index is 10.4. The second-order valence-electron chi connectivity index (χ2n) is 5.15. The lowest BCUT2D eigenvalue weighted by Gasteiger charge is -2.29. The van der Waals surface area contributed by atoms with Crippen LogP contribution in [0.4, 0.5) is 0 Å². The second kappa shape index (κ2) is 5.83. The number of hydrogen-bond acceptors (Lipinski definition) is 3. The fraction of sp³-hybridized carbons (Fsp3) is 0.600. The summed E-state index contributed by atoms with van der Waals surface area (Å²) in [4.78, 5) is 0. The van der Waals surface area contributed by atoms with Crippen LogP contribution in [0, 0.1) is 0 Å². The van der Waals surface area contributed by atoms with Crippen LogP contribution >= 0.6 is 0 Å². The number of rotatable bonds is 5. The number of aliphatic hydroxyl groups is 1. The molecule has 100 valence electrons. The molecule has 18 heavy (non-hydrogen) atoms. The summed E-state index contributed by atoms with van der Waals surface area (Å²) in [6.45, 7) is 3.46. The van der Waals surface area contributed by atoms with Crippen LogP contribution in [-0.2, 0) is 15.9 Å². The number of methoxy groups -OCH3 is 1. The largest absolute Gasteiger partial charge is 0.385 e. The molecule has 1 N–H and O–H groups in total. The van der Waals surface area contributed by atoms with E-state index in [4.69, 9.17) is 9.47 Å². The Labute approximate surface area is 109 Å². The summed E-state index contributed by atoms with van der Waals surface area (Å²) < 4.78 is 10.7. The van der Waals surface area contributed by atoms with Crippen LogP contribution in [0.2, 0.25) is 0 Å². The summed E-state index contributed by atoms with van der Waals surface area (Å²) in [6.07, 6.45) is 2.30. The molecule has 0 spiro atoms. The van der Waals surface area contributed by atoms with E-state index in [-0.39, 0.29) is 0 Å². The van der Waals surface area contributed by atoms with Crippen LogP contribution in [0.1, 0.15) is 37.0 Å². The van der Waals surface area contributed by atoms with E-state index in [0.29, 0.717) is 0 Å². The summed E-state index contributed by atoms with van der Waals surface area (Å²) in [5, 5.41) is 10.4. The minimum absolute atomic E-state index is 0.423. The van der Waals surface area contributed by atoms with Crippen LogP contribution in [0.25, 0.3) is 0 Å². The first-order valence-corrected chi connectivity index (χ1v) is 6.55. The van der Waals surface area contributed by atoms with Gasteiger partial charge in [0.1, 0.15) is 6.10 Å². The maximum atomic E-state index is 10.4. The molecule has 0 bridgehead atoms. The van der Waals surface area contributed by atoms with Crippen LogP contribution in [-0.4, -0.2) is 31.0 Å². The zero-order valence-corrected chi connectivity index (χ0v) is 11.2. The topological polar surface area (TPSA) is 38.7 Å². The summed E-state index contributed by atoms with van der Waals surface area (Å²) >= 11 is 0. The highest BCUT2D eigenvalue weighted by atomic mass is 16.5. The Morgan fingerprint density at radius 1 is 1.39 bits per heavy atom. The summed E-state index contributed by atoms with van der Waals surface area (Å²) in [7, 11) is 1.70. The van der Waals surface area contributed by atoms with Gasteiger partial charge in [-0.15, -0.1) is 0 Å². The van der Waals surface area contributed by atoms with Crippen LogP contribution in [0.15, 0.2) is 24.3 Å². The quantitative estimate of drug-likeness (QED) is 0.872. The van der Waals surface area contributed by atoms with Gasteiger partial charge in [0.25, 0.3) is 0 Å². The van der Waals surface area contributed by atoms with Crippen molar-refractivity contribution in [1.29, 1.82) is 0 Å². The van der Waals surface area contributed by atoms with Gasteiger partial charge in [-0.05, 0) is 37.3 Å². The predicted octanol–water partition coefficient (Wildman–Crippen LogP) is 2.48. The predicted molar refractivity (Wildman–Crippen MR) is 70.6 cm³/mol. The number of benzene rings is 1. The zero-order valence-electron chi connectivity index (χ0n) is 11.2. The van der Waals surface area contributed by atoms with Gasteiger partial charge in [-0.1, -0.05) is 24.3 Å². The Kier molecular flexibility index (Phi) is 4.38. The van der Waals surface area contributed by atoms with Gasteiger partial charge in [-0.25, -0.2) is 0 Å². The standard InChI is InChI=1S/C15H22O3/c1-15(9-3-10-18-15)14(16)13-6-4-12(5-7-13)8-11-17-2/h4-7,14,16H,3,8-11H2,1-2H3. The monoisotopic (exact) mass is 250 g/mol. The minimum Gasteiger partial charge on any atom is -0.385 e. The molecule has 2 atom stereocenters.